The first-order chi connectivity index (χ1) is 9.08. The number of benzene rings is 1. The molecule has 0 spiro atoms. The second-order valence-electron chi connectivity index (χ2n) is 3.93. The van der Waals surface area contributed by atoms with Crippen LogP contribution in [0.15, 0.2) is 40.8 Å². The zero-order chi connectivity index (χ0) is 15.6. The van der Waals surface area contributed by atoms with Gasteiger partial charge in [-0.25, -0.2) is 13.1 Å². The van der Waals surface area contributed by atoms with E-state index in [1.165, 1.54) is 13.0 Å². The summed E-state index contributed by atoms with van der Waals surface area (Å²) in [5.74, 6) is -0.826. The van der Waals surface area contributed by atoms with Crippen molar-refractivity contribution in [2.75, 3.05) is 0 Å². The van der Waals surface area contributed by atoms with Crippen molar-refractivity contribution in [3.63, 3.8) is 0 Å². The molecule has 0 saturated carbocycles. The second kappa shape index (κ2) is 5.66. The summed E-state index contributed by atoms with van der Waals surface area (Å²) in [7, 11) is -4.18. The highest BCUT2D eigenvalue weighted by atomic mass is 32.2. The summed E-state index contributed by atoms with van der Waals surface area (Å²) >= 11 is 0. The number of rotatable bonds is 3. The van der Waals surface area contributed by atoms with E-state index in [9.17, 15) is 26.4 Å². The van der Waals surface area contributed by atoms with Crippen LogP contribution in [0.5, 0.6) is 0 Å². The molecule has 0 aliphatic carbocycles. The van der Waals surface area contributed by atoms with Crippen LogP contribution in [0, 0.1) is 0 Å². The van der Waals surface area contributed by atoms with Crippen molar-refractivity contribution in [3.8, 4) is 0 Å². The van der Waals surface area contributed by atoms with Crippen LogP contribution in [0.3, 0.4) is 0 Å². The summed E-state index contributed by atoms with van der Waals surface area (Å²) in [5.41, 5.74) is -0.784. The van der Waals surface area contributed by atoms with Crippen LogP contribution in [0.1, 0.15) is 19.4 Å². The Labute approximate surface area is 114 Å². The van der Waals surface area contributed by atoms with Gasteiger partial charge in [-0.1, -0.05) is 6.08 Å². The van der Waals surface area contributed by atoms with Gasteiger partial charge in [0, 0.05) is 5.57 Å². The van der Waals surface area contributed by atoms with Gasteiger partial charge in [-0.2, -0.15) is 13.2 Å². The zero-order valence-corrected chi connectivity index (χ0v) is 11.5. The molecule has 1 N–H and O–H groups in total. The monoisotopic (exact) mass is 307 g/mol. The number of alkyl halides is 3. The third-order valence-electron chi connectivity index (χ3n) is 2.51. The van der Waals surface area contributed by atoms with E-state index in [-0.39, 0.29) is 5.57 Å². The Morgan fingerprint density at radius 3 is 2.10 bits per heavy atom. The fourth-order valence-corrected chi connectivity index (χ4v) is 2.23. The number of carbonyl (C=O) groups is 1. The molecule has 1 aromatic carbocycles. The third-order valence-corrected chi connectivity index (χ3v) is 3.86. The second-order valence-corrected chi connectivity index (χ2v) is 5.61. The van der Waals surface area contributed by atoms with Crippen LogP contribution in [-0.2, 0) is 21.0 Å². The molecule has 1 amide bonds. The molecule has 0 unspecified atom stereocenters. The van der Waals surface area contributed by atoms with Crippen LogP contribution in [0.2, 0.25) is 0 Å². The normalized spacial score (nSPS) is 13.2. The molecule has 0 aliphatic heterocycles. The van der Waals surface area contributed by atoms with Gasteiger partial charge >= 0.3 is 6.18 Å². The predicted molar refractivity (Wildman–Crippen MR) is 66.2 cm³/mol. The Morgan fingerprint density at radius 1 is 1.20 bits per heavy atom. The van der Waals surface area contributed by atoms with E-state index in [1.807, 2.05) is 0 Å². The smallest absolute Gasteiger partial charge is 0.269 e. The molecule has 0 heterocycles. The molecular formula is C12H12F3NO3S. The Bertz CT molecular complexity index is 631. The number of allylic oxidation sites excluding steroid dienone is 1. The molecular weight excluding hydrogens is 295 g/mol. The highest BCUT2D eigenvalue weighted by Gasteiger charge is 2.30. The average molecular weight is 307 g/mol. The van der Waals surface area contributed by atoms with Crippen molar-refractivity contribution in [2.45, 2.75) is 24.9 Å². The molecule has 1 aromatic rings. The van der Waals surface area contributed by atoms with Crippen molar-refractivity contribution in [2.24, 2.45) is 0 Å². The van der Waals surface area contributed by atoms with Gasteiger partial charge < -0.3 is 0 Å². The van der Waals surface area contributed by atoms with Crippen molar-refractivity contribution in [1.29, 1.82) is 0 Å². The molecule has 110 valence electrons. The lowest BCUT2D eigenvalue weighted by Gasteiger charge is -2.09. The van der Waals surface area contributed by atoms with E-state index >= 15 is 0 Å². The van der Waals surface area contributed by atoms with Crippen LogP contribution in [-0.4, -0.2) is 14.3 Å². The predicted octanol–water partition coefficient (Wildman–Crippen LogP) is 2.48. The molecule has 4 nitrogen and oxygen atoms in total. The Hall–Kier alpha value is -1.83. The molecule has 0 aliphatic rings. The lowest BCUT2D eigenvalue weighted by atomic mass is 10.2. The number of halogens is 3. The van der Waals surface area contributed by atoms with E-state index in [4.69, 9.17) is 0 Å². The maximum absolute atomic E-state index is 12.4. The lowest BCUT2D eigenvalue weighted by molar-refractivity contribution is -0.137. The van der Waals surface area contributed by atoms with Gasteiger partial charge in [-0.3, -0.25) is 4.79 Å². The van der Waals surface area contributed by atoms with Crippen LogP contribution < -0.4 is 4.72 Å². The van der Waals surface area contributed by atoms with Crippen LogP contribution >= 0.6 is 0 Å². The third kappa shape index (κ3) is 3.83. The summed E-state index contributed by atoms with van der Waals surface area (Å²) in [6.07, 6.45) is -3.13. The van der Waals surface area contributed by atoms with E-state index in [1.54, 1.807) is 11.6 Å². The fourth-order valence-electron chi connectivity index (χ4n) is 1.22. The topological polar surface area (TPSA) is 63.2 Å². The summed E-state index contributed by atoms with van der Waals surface area (Å²) in [4.78, 5) is 11.0. The van der Waals surface area contributed by atoms with E-state index in [2.05, 4.69) is 0 Å². The minimum Gasteiger partial charge on any atom is -0.269 e. The molecule has 0 atom stereocenters. The summed E-state index contributed by atoms with van der Waals surface area (Å²) in [6.45, 7) is 2.97. The van der Waals surface area contributed by atoms with Gasteiger partial charge in [0.15, 0.2) is 0 Å². The highest BCUT2D eigenvalue weighted by Crippen LogP contribution is 2.29. The highest BCUT2D eigenvalue weighted by molar-refractivity contribution is 7.90. The Balaban J connectivity index is 3.03. The van der Waals surface area contributed by atoms with Crippen molar-refractivity contribution in [3.05, 3.63) is 41.5 Å². The molecule has 0 aromatic heterocycles. The first-order valence-electron chi connectivity index (χ1n) is 5.45. The number of sulfonamides is 1. The summed E-state index contributed by atoms with van der Waals surface area (Å²) in [5, 5.41) is 0. The summed E-state index contributed by atoms with van der Waals surface area (Å²) in [6, 6.07) is 2.87. The van der Waals surface area contributed by atoms with Gasteiger partial charge in [0.2, 0.25) is 0 Å². The zero-order valence-electron chi connectivity index (χ0n) is 10.7. The van der Waals surface area contributed by atoms with Crippen molar-refractivity contribution in [1.82, 2.24) is 4.72 Å². The number of hydrogen-bond donors (Lipinski definition) is 1. The van der Waals surface area contributed by atoms with Crippen molar-refractivity contribution >= 4 is 15.9 Å². The Morgan fingerprint density at radius 2 is 1.70 bits per heavy atom. The molecule has 20 heavy (non-hydrogen) atoms. The minimum absolute atomic E-state index is 0.181. The van der Waals surface area contributed by atoms with E-state index in [0.29, 0.717) is 12.1 Å². The van der Waals surface area contributed by atoms with E-state index < -0.39 is 32.6 Å². The van der Waals surface area contributed by atoms with Gasteiger partial charge in [-0.05, 0) is 38.1 Å². The first kappa shape index (κ1) is 16.2. The molecule has 0 saturated heterocycles. The molecule has 1 rings (SSSR count). The Kier molecular flexibility index (Phi) is 4.59. The number of carbonyl (C=O) groups excluding carboxylic acids is 1. The number of nitrogens with one attached hydrogen (secondary N) is 1. The molecule has 0 bridgehead atoms. The van der Waals surface area contributed by atoms with Gasteiger partial charge in [0.25, 0.3) is 15.9 Å². The van der Waals surface area contributed by atoms with Gasteiger partial charge in [0.05, 0.1) is 10.5 Å². The maximum Gasteiger partial charge on any atom is 0.416 e. The fraction of sp³-hybridized carbons (Fsp3) is 0.250. The summed E-state index contributed by atoms with van der Waals surface area (Å²) < 4.78 is 62.4. The number of hydrogen-bond acceptors (Lipinski definition) is 3. The van der Waals surface area contributed by atoms with Crippen LogP contribution in [0.4, 0.5) is 13.2 Å². The molecule has 8 heteroatoms. The van der Waals surface area contributed by atoms with Gasteiger partial charge in [0.1, 0.15) is 0 Å². The van der Waals surface area contributed by atoms with Crippen molar-refractivity contribution < 1.29 is 26.4 Å². The largest absolute Gasteiger partial charge is 0.416 e. The van der Waals surface area contributed by atoms with Gasteiger partial charge in [-0.15, -0.1) is 0 Å². The standard InChI is InChI=1S/C12H12F3NO3S/c1-3-8(2)11(17)16-20(18,19)10-6-4-9(5-7-10)12(13,14)15/h3-7H,1-2H3,(H,16,17)/b8-3+. The number of amides is 1. The maximum atomic E-state index is 12.4. The first-order valence-corrected chi connectivity index (χ1v) is 6.93. The molecule has 0 radical (unpaired) electrons. The lowest BCUT2D eigenvalue weighted by Crippen LogP contribution is -2.31. The molecule has 0 fully saturated rings. The minimum atomic E-state index is -4.55. The van der Waals surface area contributed by atoms with E-state index in [0.717, 1.165) is 12.1 Å². The van der Waals surface area contributed by atoms with Crippen LogP contribution in [0.25, 0.3) is 0 Å². The quantitative estimate of drug-likeness (QED) is 0.873. The average Bonchev–Trinajstić information content (AvgIpc) is 2.36. The SMILES string of the molecule is C/C=C(\C)C(=O)NS(=O)(=O)c1ccc(C(F)(F)F)cc1.